The molecule has 9 rings (SSSR count). The lowest BCUT2D eigenvalue weighted by atomic mass is 9.86. The zero-order valence-corrected chi connectivity index (χ0v) is 39.8. The Labute approximate surface area is 396 Å². The van der Waals surface area contributed by atoms with Gasteiger partial charge in [-0.3, -0.25) is 4.79 Å². The Kier molecular flexibility index (Phi) is 15.0. The Morgan fingerprint density at radius 2 is 1.54 bits per heavy atom. The fourth-order valence-corrected chi connectivity index (χ4v) is 9.72. The second-order valence-corrected chi connectivity index (χ2v) is 17.0. The Balaban J connectivity index is 0.000000236. The number of carbonyl (C=O) groups is 2. The Morgan fingerprint density at radius 3 is 2.16 bits per heavy atom. The molecule has 67 heavy (non-hydrogen) atoms. The van der Waals surface area contributed by atoms with E-state index in [9.17, 15) is 19.5 Å². The summed E-state index contributed by atoms with van der Waals surface area (Å²) in [6.07, 6.45) is 10.2. The first-order valence-corrected chi connectivity index (χ1v) is 22.7. The highest BCUT2D eigenvalue weighted by atomic mass is 35.5. The van der Waals surface area contributed by atoms with Crippen molar-refractivity contribution in [2.45, 2.75) is 83.6 Å². The minimum atomic E-state index is -1.86. The third-order valence-electron chi connectivity index (χ3n) is 13.4. The van der Waals surface area contributed by atoms with Crippen LogP contribution in [-0.2, 0) is 34.7 Å². The van der Waals surface area contributed by atoms with Gasteiger partial charge >= 0.3 is 12.1 Å². The SMILES string of the molecule is CCc1c2c(nc3ccc(OC(=O)N4CCC(N5CCCCC5)CC4)cc13)-c1cc3c(c(=O)n1C2)COC(=O)[C@]3(O)CC.COc1ccc(/C=C\c2cc(OC)c(OC)c(OC)c2)cc1N.Cl. The number of esters is 1. The summed E-state index contributed by atoms with van der Waals surface area (Å²) in [7, 11) is 6.36. The number of aromatic nitrogens is 2. The van der Waals surface area contributed by atoms with E-state index in [-0.39, 0.29) is 37.1 Å². The van der Waals surface area contributed by atoms with Gasteiger partial charge in [0.1, 0.15) is 18.1 Å². The van der Waals surface area contributed by atoms with Crippen LogP contribution in [0.2, 0.25) is 0 Å². The van der Waals surface area contributed by atoms with Crippen molar-refractivity contribution in [3.8, 4) is 40.1 Å². The van der Waals surface area contributed by atoms with Gasteiger partial charge in [-0.15, -0.1) is 12.4 Å². The van der Waals surface area contributed by atoms with Crippen LogP contribution in [0.4, 0.5) is 10.5 Å². The van der Waals surface area contributed by atoms with Crippen LogP contribution in [0.3, 0.4) is 0 Å². The molecular formula is C51H60ClN5O10. The predicted molar refractivity (Wildman–Crippen MR) is 260 cm³/mol. The third kappa shape index (κ3) is 9.50. The summed E-state index contributed by atoms with van der Waals surface area (Å²) in [6.45, 7) is 7.65. The number of aliphatic hydroxyl groups is 1. The van der Waals surface area contributed by atoms with Crippen molar-refractivity contribution in [1.82, 2.24) is 19.4 Å². The molecule has 0 bridgehead atoms. The van der Waals surface area contributed by atoms with Gasteiger partial charge in [-0.25, -0.2) is 14.6 Å². The molecule has 2 aromatic heterocycles. The topological polar surface area (TPSA) is 177 Å². The van der Waals surface area contributed by atoms with Crippen molar-refractivity contribution >= 4 is 53.2 Å². The molecule has 3 N–H and O–H groups in total. The van der Waals surface area contributed by atoms with Crippen LogP contribution in [0, 0.1) is 0 Å². The number of halogens is 1. The molecule has 4 aliphatic rings. The summed E-state index contributed by atoms with van der Waals surface area (Å²) >= 11 is 0. The van der Waals surface area contributed by atoms with Gasteiger partial charge in [0.15, 0.2) is 17.1 Å². The average molecular weight is 939 g/mol. The molecule has 15 nitrogen and oxygen atoms in total. The molecule has 2 saturated heterocycles. The van der Waals surface area contributed by atoms with E-state index >= 15 is 0 Å². The van der Waals surface area contributed by atoms with E-state index in [1.54, 1.807) is 52.1 Å². The van der Waals surface area contributed by atoms with Crippen LogP contribution < -0.4 is 35.0 Å². The molecule has 0 unspecified atom stereocenters. The van der Waals surface area contributed by atoms with E-state index in [1.165, 1.54) is 32.4 Å². The molecule has 5 aromatic rings. The van der Waals surface area contributed by atoms with Crippen LogP contribution in [0.15, 0.2) is 59.4 Å². The molecule has 6 heterocycles. The summed E-state index contributed by atoms with van der Waals surface area (Å²) in [5.74, 6) is 2.19. The van der Waals surface area contributed by atoms with E-state index in [1.807, 2.05) is 59.5 Å². The third-order valence-corrected chi connectivity index (χ3v) is 13.4. The molecule has 1 atom stereocenters. The van der Waals surface area contributed by atoms with E-state index in [2.05, 4.69) is 11.8 Å². The molecule has 1 amide bonds. The quantitative estimate of drug-likeness (QED) is 0.0769. The van der Waals surface area contributed by atoms with Crippen LogP contribution in [0.5, 0.6) is 28.7 Å². The number of nitrogens with two attached hydrogens (primary N) is 1. The lowest BCUT2D eigenvalue weighted by Crippen LogP contribution is -2.48. The lowest BCUT2D eigenvalue weighted by Gasteiger charge is -2.39. The molecule has 3 aromatic carbocycles. The molecular weight excluding hydrogens is 878 g/mol. The van der Waals surface area contributed by atoms with Gasteiger partial charge in [-0.05, 0) is 117 Å². The maximum atomic E-state index is 13.6. The molecule has 0 aliphatic carbocycles. The van der Waals surface area contributed by atoms with Crippen LogP contribution in [0.25, 0.3) is 34.4 Å². The second-order valence-electron chi connectivity index (χ2n) is 17.0. The van der Waals surface area contributed by atoms with Gasteiger partial charge in [-0.2, -0.15) is 0 Å². The average Bonchev–Trinajstić information content (AvgIpc) is 3.72. The number of fused-ring (bicyclic) bond motifs is 5. The van der Waals surface area contributed by atoms with Crippen molar-refractivity contribution in [3.05, 3.63) is 98.3 Å². The number of nitrogens with zero attached hydrogens (tertiary/aromatic N) is 4. The van der Waals surface area contributed by atoms with Crippen molar-refractivity contribution in [3.63, 3.8) is 0 Å². The number of methoxy groups -OCH3 is 4. The number of hydrogen-bond donors (Lipinski definition) is 2. The highest BCUT2D eigenvalue weighted by Gasteiger charge is 2.45. The molecule has 4 aliphatic heterocycles. The van der Waals surface area contributed by atoms with Gasteiger partial charge in [0, 0.05) is 35.6 Å². The largest absolute Gasteiger partial charge is 0.495 e. The molecule has 16 heteroatoms. The van der Waals surface area contributed by atoms with Gasteiger partial charge in [-0.1, -0.05) is 38.5 Å². The molecule has 0 saturated carbocycles. The zero-order chi connectivity index (χ0) is 46.7. The standard InChI is InChI=1S/C33H38N4O6.C18H21NO4.ClH/c1-3-22-23-16-21(43-32(40)36-14-10-20(11-15-36)35-12-6-5-7-13-35)8-9-27(23)34-29-24(22)18-37-28(29)17-26-25(30(37)38)19-42-31(39)33(26,41)4-2;1-20-15-8-7-12(9-14(15)19)5-6-13-10-16(21-2)18(23-4)17(11-13)22-3;/h8-9,16-17,20,41H,3-7,10-15,18-19H2,1-2H3;5-11H,19H2,1-4H3;1H/b;6-5-;/t33-;;/m0../s1. The summed E-state index contributed by atoms with van der Waals surface area (Å²) in [4.78, 5) is 48.5. The highest BCUT2D eigenvalue weighted by Crippen LogP contribution is 2.42. The number of cyclic esters (lactones) is 1. The number of benzene rings is 3. The normalized spacial score (nSPS) is 17.9. The predicted octanol–water partition coefficient (Wildman–Crippen LogP) is 7.99. The minimum absolute atomic E-state index is 0. The Hall–Kier alpha value is -6.29. The fraction of sp³-hybridized carbons (Fsp3) is 0.412. The number of pyridine rings is 2. The smallest absolute Gasteiger partial charge is 0.415 e. The zero-order valence-electron chi connectivity index (χ0n) is 39.0. The first-order valence-electron chi connectivity index (χ1n) is 22.7. The molecule has 2 fully saturated rings. The Bertz CT molecular complexity index is 2720. The van der Waals surface area contributed by atoms with Gasteiger partial charge < -0.3 is 53.6 Å². The van der Waals surface area contributed by atoms with Crippen LogP contribution in [-0.4, -0.2) is 97.2 Å². The first kappa shape index (κ1) is 48.6. The van der Waals surface area contributed by atoms with E-state index in [0.29, 0.717) is 89.0 Å². The maximum Gasteiger partial charge on any atom is 0.415 e. The van der Waals surface area contributed by atoms with Crippen molar-refractivity contribution < 1.29 is 43.1 Å². The fourth-order valence-electron chi connectivity index (χ4n) is 9.72. The number of rotatable bonds is 10. The molecule has 0 spiro atoms. The molecule has 0 radical (unpaired) electrons. The number of anilines is 1. The van der Waals surface area contributed by atoms with Crippen molar-refractivity contribution in [2.24, 2.45) is 0 Å². The van der Waals surface area contributed by atoms with Gasteiger partial charge in [0.05, 0.1) is 63.1 Å². The Morgan fingerprint density at radius 1 is 0.851 bits per heavy atom. The number of carbonyl (C=O) groups excluding carboxylic acids is 2. The minimum Gasteiger partial charge on any atom is -0.495 e. The van der Waals surface area contributed by atoms with E-state index < -0.39 is 11.6 Å². The number of nitrogen functional groups attached to an aromatic ring is 1. The number of hydrogen-bond acceptors (Lipinski definition) is 13. The summed E-state index contributed by atoms with van der Waals surface area (Å²) in [6, 6.07) is 17.2. The number of piperidine rings is 2. The molecule has 356 valence electrons. The van der Waals surface area contributed by atoms with Gasteiger partial charge in [0.2, 0.25) is 5.75 Å². The second kappa shape index (κ2) is 20.7. The van der Waals surface area contributed by atoms with Crippen molar-refractivity contribution in [1.29, 1.82) is 0 Å². The summed E-state index contributed by atoms with van der Waals surface area (Å²) < 4.78 is 33.9. The summed E-state index contributed by atoms with van der Waals surface area (Å²) in [5, 5.41) is 12.0. The van der Waals surface area contributed by atoms with E-state index in [0.717, 1.165) is 46.0 Å². The van der Waals surface area contributed by atoms with Crippen molar-refractivity contribution in [2.75, 3.05) is 60.4 Å². The van der Waals surface area contributed by atoms with Gasteiger partial charge in [0.25, 0.3) is 5.56 Å². The maximum absolute atomic E-state index is 13.6. The van der Waals surface area contributed by atoms with Crippen LogP contribution >= 0.6 is 12.4 Å². The number of amides is 1. The number of aryl methyl sites for hydroxylation is 1. The van der Waals surface area contributed by atoms with E-state index in [4.69, 9.17) is 39.1 Å². The van der Waals surface area contributed by atoms with Crippen LogP contribution in [0.1, 0.15) is 85.8 Å². The lowest BCUT2D eigenvalue weighted by molar-refractivity contribution is -0.172. The monoisotopic (exact) mass is 937 g/mol. The highest BCUT2D eigenvalue weighted by molar-refractivity contribution is 5.90. The summed E-state index contributed by atoms with van der Waals surface area (Å²) in [5.41, 5.74) is 10.8. The first-order chi connectivity index (χ1) is 31.9. The number of likely N-dealkylation sites (tertiary alicyclic amines) is 2. The number of ether oxygens (including phenoxy) is 6.